The summed E-state index contributed by atoms with van der Waals surface area (Å²) in [6, 6.07) is 12.6. The molecule has 0 aliphatic carbocycles. The molecule has 1 atom stereocenters. The van der Waals surface area contributed by atoms with Crippen LogP contribution < -0.4 is 10.6 Å². The molecule has 3 aromatic rings. The van der Waals surface area contributed by atoms with Gasteiger partial charge in [-0.15, -0.1) is 11.3 Å². The third-order valence-corrected chi connectivity index (χ3v) is 4.09. The van der Waals surface area contributed by atoms with Crippen molar-refractivity contribution in [2.75, 3.05) is 11.9 Å². The monoisotopic (exact) mass is 316 g/mol. The fourth-order valence-corrected chi connectivity index (χ4v) is 2.71. The second-order valence-electron chi connectivity index (χ2n) is 5.21. The zero-order chi connectivity index (χ0) is 15.6. The molecule has 2 amide bonds. The molecule has 0 aliphatic heterocycles. The van der Waals surface area contributed by atoms with Gasteiger partial charge in [-0.25, -0.2) is 4.79 Å². The number of carbonyl (C=O) groups excluding carboxylic acids is 1. The van der Waals surface area contributed by atoms with Crippen molar-refractivity contribution in [3.63, 3.8) is 0 Å². The molecule has 0 saturated heterocycles. The fraction of sp³-hybridized carbons (Fsp3) is 0.188. The van der Waals surface area contributed by atoms with Gasteiger partial charge in [0.2, 0.25) is 0 Å². The number of hydrogen-bond donors (Lipinski definition) is 3. The van der Waals surface area contributed by atoms with E-state index in [4.69, 9.17) is 4.42 Å². The molecule has 2 aromatic heterocycles. The SMILES string of the molecule is CC(O)(CNC(=O)Nc1cccs1)c1cc2ccccc2o1. The molecule has 0 radical (unpaired) electrons. The number of amides is 2. The Balaban J connectivity index is 1.66. The highest BCUT2D eigenvalue weighted by Gasteiger charge is 2.28. The van der Waals surface area contributed by atoms with Gasteiger partial charge in [-0.05, 0) is 36.6 Å². The molecule has 1 aromatic carbocycles. The topological polar surface area (TPSA) is 74.5 Å². The van der Waals surface area contributed by atoms with Gasteiger partial charge in [0.1, 0.15) is 16.9 Å². The molecule has 0 bridgehead atoms. The molecule has 22 heavy (non-hydrogen) atoms. The molecule has 3 N–H and O–H groups in total. The Bertz CT molecular complexity index is 745. The zero-order valence-corrected chi connectivity index (χ0v) is 12.8. The van der Waals surface area contributed by atoms with Crippen LogP contribution in [0.15, 0.2) is 52.3 Å². The average Bonchev–Trinajstić information content (AvgIpc) is 3.14. The number of thiophene rings is 1. The number of fused-ring (bicyclic) bond motifs is 1. The van der Waals surface area contributed by atoms with Gasteiger partial charge in [0.25, 0.3) is 0 Å². The van der Waals surface area contributed by atoms with Crippen molar-refractivity contribution in [2.24, 2.45) is 0 Å². The van der Waals surface area contributed by atoms with Crippen molar-refractivity contribution in [3.8, 4) is 0 Å². The van der Waals surface area contributed by atoms with Crippen molar-refractivity contribution < 1.29 is 14.3 Å². The predicted octanol–water partition coefficient (Wildman–Crippen LogP) is 3.52. The average molecular weight is 316 g/mol. The van der Waals surface area contributed by atoms with Crippen LogP contribution in [0.3, 0.4) is 0 Å². The van der Waals surface area contributed by atoms with Gasteiger partial charge in [-0.2, -0.15) is 0 Å². The number of para-hydroxylation sites is 1. The Hall–Kier alpha value is -2.31. The highest BCUT2D eigenvalue weighted by atomic mass is 32.1. The number of carbonyl (C=O) groups is 1. The van der Waals surface area contributed by atoms with E-state index in [-0.39, 0.29) is 12.6 Å². The van der Waals surface area contributed by atoms with E-state index in [0.717, 1.165) is 10.4 Å². The fourth-order valence-electron chi connectivity index (χ4n) is 2.09. The summed E-state index contributed by atoms with van der Waals surface area (Å²) >= 11 is 1.43. The molecular weight excluding hydrogens is 300 g/mol. The molecule has 114 valence electrons. The number of anilines is 1. The highest BCUT2D eigenvalue weighted by Crippen LogP contribution is 2.27. The summed E-state index contributed by atoms with van der Waals surface area (Å²) < 4.78 is 5.65. The Labute approximate surface area is 131 Å². The maximum Gasteiger partial charge on any atom is 0.319 e. The van der Waals surface area contributed by atoms with E-state index in [1.165, 1.54) is 11.3 Å². The number of hydrogen-bond acceptors (Lipinski definition) is 4. The lowest BCUT2D eigenvalue weighted by atomic mass is 10.0. The van der Waals surface area contributed by atoms with Crippen molar-refractivity contribution >= 4 is 33.3 Å². The summed E-state index contributed by atoms with van der Waals surface area (Å²) in [5, 5.41) is 19.4. The minimum absolute atomic E-state index is 0.0457. The summed E-state index contributed by atoms with van der Waals surface area (Å²) in [6.07, 6.45) is 0. The first kappa shape index (κ1) is 14.6. The number of benzene rings is 1. The van der Waals surface area contributed by atoms with Gasteiger partial charge in [0.05, 0.1) is 11.5 Å². The van der Waals surface area contributed by atoms with Crippen LogP contribution in [0, 0.1) is 0 Å². The first-order valence-electron chi connectivity index (χ1n) is 6.84. The minimum atomic E-state index is -1.29. The standard InChI is InChI=1S/C16H16N2O3S/c1-16(20,10-17-15(19)18-14-7-4-8-22-14)13-9-11-5-2-3-6-12(11)21-13/h2-9,20H,10H2,1H3,(H2,17,18,19). The molecular formula is C16H16N2O3S. The van der Waals surface area contributed by atoms with Crippen molar-refractivity contribution in [3.05, 3.63) is 53.6 Å². The van der Waals surface area contributed by atoms with Gasteiger partial charge < -0.3 is 14.8 Å². The third kappa shape index (κ3) is 3.13. The summed E-state index contributed by atoms with van der Waals surface area (Å²) in [5.41, 5.74) is -0.577. The van der Waals surface area contributed by atoms with Crippen LogP contribution in [-0.4, -0.2) is 17.7 Å². The number of urea groups is 1. The lowest BCUT2D eigenvalue weighted by Gasteiger charge is -2.21. The van der Waals surface area contributed by atoms with Gasteiger partial charge >= 0.3 is 6.03 Å². The molecule has 0 spiro atoms. The Kier molecular flexibility index (Phi) is 3.87. The Morgan fingerprint density at radius 2 is 2.14 bits per heavy atom. The van der Waals surface area contributed by atoms with E-state index in [1.807, 2.05) is 41.8 Å². The van der Waals surface area contributed by atoms with Crippen LogP contribution in [0.1, 0.15) is 12.7 Å². The van der Waals surface area contributed by atoms with E-state index in [0.29, 0.717) is 11.3 Å². The minimum Gasteiger partial charge on any atom is -0.458 e. The zero-order valence-electron chi connectivity index (χ0n) is 12.0. The molecule has 0 saturated carbocycles. The second kappa shape index (κ2) is 5.82. The summed E-state index contributed by atoms with van der Waals surface area (Å²) in [7, 11) is 0. The van der Waals surface area contributed by atoms with Crippen LogP contribution in [0.4, 0.5) is 9.80 Å². The molecule has 6 heteroatoms. The quantitative estimate of drug-likeness (QED) is 0.689. The summed E-state index contributed by atoms with van der Waals surface area (Å²) in [5.74, 6) is 0.421. The van der Waals surface area contributed by atoms with Gasteiger partial charge in [-0.3, -0.25) is 5.32 Å². The largest absolute Gasteiger partial charge is 0.458 e. The van der Waals surface area contributed by atoms with E-state index < -0.39 is 5.60 Å². The van der Waals surface area contributed by atoms with Crippen LogP contribution in [0.25, 0.3) is 11.0 Å². The predicted molar refractivity (Wildman–Crippen MR) is 87.1 cm³/mol. The first-order chi connectivity index (χ1) is 10.5. The summed E-state index contributed by atoms with van der Waals surface area (Å²) in [4.78, 5) is 11.8. The smallest absolute Gasteiger partial charge is 0.319 e. The Morgan fingerprint density at radius 1 is 1.32 bits per heavy atom. The molecule has 5 nitrogen and oxygen atoms in total. The van der Waals surface area contributed by atoms with Gasteiger partial charge in [0.15, 0.2) is 0 Å². The van der Waals surface area contributed by atoms with Crippen molar-refractivity contribution in [1.82, 2.24) is 5.32 Å². The molecule has 1 unspecified atom stereocenters. The van der Waals surface area contributed by atoms with Crippen molar-refractivity contribution in [1.29, 1.82) is 0 Å². The molecule has 2 heterocycles. The van der Waals surface area contributed by atoms with E-state index in [9.17, 15) is 9.90 Å². The van der Waals surface area contributed by atoms with Crippen molar-refractivity contribution in [2.45, 2.75) is 12.5 Å². The van der Waals surface area contributed by atoms with Crippen LogP contribution in [0.2, 0.25) is 0 Å². The van der Waals surface area contributed by atoms with Crippen LogP contribution in [-0.2, 0) is 5.60 Å². The lowest BCUT2D eigenvalue weighted by Crippen LogP contribution is -2.40. The number of nitrogens with one attached hydrogen (secondary N) is 2. The summed E-state index contributed by atoms with van der Waals surface area (Å²) in [6.45, 7) is 1.65. The number of aliphatic hydroxyl groups is 1. The first-order valence-corrected chi connectivity index (χ1v) is 7.72. The van der Waals surface area contributed by atoms with E-state index >= 15 is 0 Å². The second-order valence-corrected chi connectivity index (χ2v) is 6.16. The number of rotatable bonds is 4. The maximum absolute atomic E-state index is 11.8. The maximum atomic E-state index is 11.8. The molecule has 3 rings (SSSR count). The lowest BCUT2D eigenvalue weighted by molar-refractivity contribution is 0.0388. The van der Waals surface area contributed by atoms with E-state index in [2.05, 4.69) is 10.6 Å². The molecule has 0 fully saturated rings. The molecule has 0 aliphatic rings. The van der Waals surface area contributed by atoms with E-state index in [1.54, 1.807) is 13.0 Å². The van der Waals surface area contributed by atoms with Gasteiger partial charge in [-0.1, -0.05) is 18.2 Å². The highest BCUT2D eigenvalue weighted by molar-refractivity contribution is 7.14. The van der Waals surface area contributed by atoms with Crippen LogP contribution >= 0.6 is 11.3 Å². The Morgan fingerprint density at radius 3 is 2.86 bits per heavy atom. The number of furan rings is 1. The normalized spacial score (nSPS) is 13.7. The van der Waals surface area contributed by atoms with Gasteiger partial charge in [0, 0.05) is 5.39 Å². The third-order valence-electron chi connectivity index (χ3n) is 3.31. The van der Waals surface area contributed by atoms with Crippen LogP contribution in [0.5, 0.6) is 0 Å².